The van der Waals surface area contributed by atoms with Gasteiger partial charge in [0.15, 0.2) is 5.96 Å². The van der Waals surface area contributed by atoms with Crippen LogP contribution in [-0.4, -0.2) is 39.5 Å². The van der Waals surface area contributed by atoms with Gasteiger partial charge in [0.05, 0.1) is 0 Å². The van der Waals surface area contributed by atoms with E-state index in [2.05, 4.69) is 59.3 Å². The number of aliphatic imine (C=N–C) groups is 1. The van der Waals surface area contributed by atoms with Crippen LogP contribution in [0.3, 0.4) is 0 Å². The van der Waals surface area contributed by atoms with E-state index in [1.54, 1.807) is 13.2 Å². The lowest BCUT2D eigenvalue weighted by atomic mass is 10.2. The first-order valence-electron chi connectivity index (χ1n) is 8.69. The van der Waals surface area contributed by atoms with Crippen LogP contribution >= 0.6 is 39.9 Å². The monoisotopic (exact) mass is 554 g/mol. The van der Waals surface area contributed by atoms with Crippen molar-refractivity contribution in [3.05, 3.63) is 76.4 Å². The minimum atomic E-state index is 0. The third-order valence-corrected chi connectivity index (χ3v) is 5.04. The van der Waals surface area contributed by atoms with E-state index in [0.717, 1.165) is 34.2 Å². The Labute approximate surface area is 191 Å². The van der Waals surface area contributed by atoms with E-state index >= 15 is 0 Å². The molecule has 0 bridgehead atoms. The molecule has 0 aliphatic rings. The summed E-state index contributed by atoms with van der Waals surface area (Å²) in [5.41, 5.74) is 2.30. The molecule has 3 aromatic rings. The first kappa shape index (κ1) is 22.4. The number of imidazole rings is 1. The van der Waals surface area contributed by atoms with E-state index in [0.29, 0.717) is 6.54 Å². The van der Waals surface area contributed by atoms with Gasteiger partial charge in [-0.05, 0) is 30.2 Å². The lowest BCUT2D eigenvalue weighted by Gasteiger charge is -2.22. The van der Waals surface area contributed by atoms with E-state index in [1.807, 2.05) is 49.1 Å². The first-order valence-corrected chi connectivity index (χ1v) is 9.48. The number of guanidine groups is 1. The van der Waals surface area contributed by atoms with Crippen LogP contribution in [0.4, 0.5) is 0 Å². The summed E-state index contributed by atoms with van der Waals surface area (Å²) < 4.78 is 3.06. The Morgan fingerprint density at radius 3 is 2.61 bits per heavy atom. The average Bonchev–Trinajstić information content (AvgIpc) is 3.10. The summed E-state index contributed by atoms with van der Waals surface area (Å²) in [6.45, 7) is 3.38. The van der Waals surface area contributed by atoms with Gasteiger partial charge >= 0.3 is 0 Å². The molecule has 2 aromatic heterocycles. The molecule has 1 N–H and O–H groups in total. The Morgan fingerprint density at radius 2 is 2.00 bits per heavy atom. The van der Waals surface area contributed by atoms with Gasteiger partial charge in [0.1, 0.15) is 11.6 Å². The fraction of sp³-hybridized carbons (Fsp3) is 0.250. The zero-order valence-corrected chi connectivity index (χ0v) is 20.0. The Hall–Kier alpha value is -1.94. The maximum atomic E-state index is 4.53. The highest BCUT2D eigenvalue weighted by molar-refractivity contribution is 14.0. The van der Waals surface area contributed by atoms with Crippen LogP contribution in [-0.2, 0) is 13.1 Å². The van der Waals surface area contributed by atoms with Crippen molar-refractivity contribution in [2.45, 2.75) is 20.0 Å². The second-order valence-corrected chi connectivity index (χ2v) is 7.07. The molecule has 1 aromatic carbocycles. The van der Waals surface area contributed by atoms with E-state index in [-0.39, 0.29) is 24.0 Å². The standard InChI is InChI=1S/C20H23BrN6.HI/c1-15-23-10-11-27(15)19-9-8-16(12-24-19)13-25-20(22-2)26(3)14-17-6-4-5-7-18(17)21;/h4-12H,13-14H2,1-3H3,(H,22,25);1H. The summed E-state index contributed by atoms with van der Waals surface area (Å²) in [6.07, 6.45) is 5.56. The van der Waals surface area contributed by atoms with Gasteiger partial charge in [-0.25, -0.2) is 9.97 Å². The van der Waals surface area contributed by atoms with Crippen LogP contribution < -0.4 is 5.32 Å². The van der Waals surface area contributed by atoms with Crippen molar-refractivity contribution >= 4 is 45.9 Å². The largest absolute Gasteiger partial charge is 0.352 e. The lowest BCUT2D eigenvalue weighted by molar-refractivity contribution is 0.475. The molecule has 6 nitrogen and oxygen atoms in total. The van der Waals surface area contributed by atoms with Gasteiger partial charge in [-0.2, -0.15) is 0 Å². The van der Waals surface area contributed by atoms with Gasteiger partial charge < -0.3 is 10.2 Å². The molecule has 0 spiro atoms. The number of hydrogen-bond acceptors (Lipinski definition) is 3. The molecular weight excluding hydrogens is 531 g/mol. The van der Waals surface area contributed by atoms with E-state index < -0.39 is 0 Å². The van der Waals surface area contributed by atoms with Crippen LogP contribution in [0, 0.1) is 6.92 Å². The van der Waals surface area contributed by atoms with E-state index in [4.69, 9.17) is 0 Å². The molecule has 0 saturated carbocycles. The normalized spacial score (nSPS) is 11.1. The number of aromatic nitrogens is 3. The van der Waals surface area contributed by atoms with Crippen LogP contribution in [0.5, 0.6) is 0 Å². The number of pyridine rings is 1. The lowest BCUT2D eigenvalue weighted by Crippen LogP contribution is -2.38. The van der Waals surface area contributed by atoms with Crippen LogP contribution in [0.2, 0.25) is 0 Å². The fourth-order valence-corrected chi connectivity index (χ4v) is 3.22. The number of nitrogens with zero attached hydrogens (tertiary/aromatic N) is 5. The fourth-order valence-electron chi connectivity index (χ4n) is 2.81. The first-order chi connectivity index (χ1) is 13.1. The predicted octanol–water partition coefficient (Wildman–Crippen LogP) is 4.16. The molecule has 0 unspecified atom stereocenters. The highest BCUT2D eigenvalue weighted by atomic mass is 127. The number of benzene rings is 1. The second kappa shape index (κ2) is 10.6. The minimum Gasteiger partial charge on any atom is -0.352 e. The molecule has 0 fully saturated rings. The van der Waals surface area contributed by atoms with Gasteiger partial charge in [0.25, 0.3) is 0 Å². The molecule has 3 rings (SSSR count). The van der Waals surface area contributed by atoms with Crippen LogP contribution in [0.1, 0.15) is 17.0 Å². The Kier molecular flexibility index (Phi) is 8.43. The van der Waals surface area contributed by atoms with E-state index in [1.165, 1.54) is 5.56 Å². The molecule has 0 atom stereocenters. The third kappa shape index (κ3) is 5.54. The topological polar surface area (TPSA) is 58.3 Å². The summed E-state index contributed by atoms with van der Waals surface area (Å²) >= 11 is 3.60. The molecule has 2 heterocycles. The number of rotatable bonds is 5. The molecule has 0 aliphatic carbocycles. The van der Waals surface area contributed by atoms with Crippen LogP contribution in [0.25, 0.3) is 5.82 Å². The summed E-state index contributed by atoms with van der Waals surface area (Å²) in [7, 11) is 3.82. The van der Waals surface area contributed by atoms with Gasteiger partial charge in [0, 0.05) is 50.2 Å². The van der Waals surface area contributed by atoms with E-state index in [9.17, 15) is 0 Å². The van der Waals surface area contributed by atoms with Crippen LogP contribution in [0.15, 0.2) is 64.5 Å². The minimum absolute atomic E-state index is 0. The van der Waals surface area contributed by atoms with Crippen molar-refractivity contribution in [3.63, 3.8) is 0 Å². The number of hydrogen-bond donors (Lipinski definition) is 1. The third-order valence-electron chi connectivity index (χ3n) is 4.27. The molecular formula is C20H24BrIN6. The van der Waals surface area contributed by atoms with Crippen molar-refractivity contribution in [3.8, 4) is 5.82 Å². The molecule has 0 saturated heterocycles. The predicted molar refractivity (Wildman–Crippen MR) is 127 cm³/mol. The number of aryl methyl sites for hydroxylation is 1. The molecule has 0 radical (unpaired) electrons. The molecule has 8 heteroatoms. The zero-order chi connectivity index (χ0) is 19.2. The highest BCUT2D eigenvalue weighted by Gasteiger charge is 2.09. The summed E-state index contributed by atoms with van der Waals surface area (Å²) in [4.78, 5) is 15.2. The van der Waals surface area contributed by atoms with Crippen molar-refractivity contribution in [2.24, 2.45) is 4.99 Å². The second-order valence-electron chi connectivity index (χ2n) is 6.22. The molecule has 28 heavy (non-hydrogen) atoms. The summed E-state index contributed by atoms with van der Waals surface area (Å²) in [5.74, 6) is 2.62. The van der Waals surface area contributed by atoms with Gasteiger partial charge in [-0.3, -0.25) is 9.56 Å². The maximum Gasteiger partial charge on any atom is 0.193 e. The molecule has 148 valence electrons. The van der Waals surface area contributed by atoms with Crippen molar-refractivity contribution in [1.29, 1.82) is 0 Å². The van der Waals surface area contributed by atoms with Gasteiger partial charge in [-0.15, -0.1) is 24.0 Å². The number of halogens is 2. The SMILES string of the molecule is CN=C(NCc1ccc(-n2ccnc2C)nc1)N(C)Cc1ccccc1Br.I. The Bertz CT molecular complexity index is 922. The number of nitrogens with one attached hydrogen (secondary N) is 1. The Balaban J connectivity index is 0.00000280. The quantitative estimate of drug-likeness (QED) is 0.292. The maximum absolute atomic E-state index is 4.53. The van der Waals surface area contributed by atoms with Crippen molar-refractivity contribution < 1.29 is 0 Å². The van der Waals surface area contributed by atoms with Crippen molar-refractivity contribution in [2.75, 3.05) is 14.1 Å². The smallest absolute Gasteiger partial charge is 0.193 e. The average molecular weight is 555 g/mol. The summed E-state index contributed by atoms with van der Waals surface area (Å²) in [6, 6.07) is 12.3. The Morgan fingerprint density at radius 1 is 1.21 bits per heavy atom. The van der Waals surface area contributed by atoms with Crippen molar-refractivity contribution in [1.82, 2.24) is 24.8 Å². The molecule has 0 aliphatic heterocycles. The van der Waals surface area contributed by atoms with Gasteiger partial charge in [0.2, 0.25) is 0 Å². The zero-order valence-electron chi connectivity index (χ0n) is 16.1. The molecule has 0 amide bonds. The highest BCUT2D eigenvalue weighted by Crippen LogP contribution is 2.17. The summed E-state index contributed by atoms with van der Waals surface area (Å²) in [5, 5.41) is 3.39. The van der Waals surface area contributed by atoms with Gasteiger partial charge in [-0.1, -0.05) is 40.2 Å².